The van der Waals surface area contributed by atoms with Crippen molar-refractivity contribution in [2.45, 2.75) is 26.2 Å². The average molecular weight is 233 g/mol. The maximum Gasteiger partial charge on any atom is 0.0700 e. The molecule has 0 rings (SSSR count). The van der Waals surface area contributed by atoms with E-state index < -0.39 is 0 Å². The third-order valence-corrected chi connectivity index (χ3v) is 2.10. The first kappa shape index (κ1) is 15.8. The van der Waals surface area contributed by atoms with E-state index in [-0.39, 0.29) is 0 Å². The molecule has 0 amide bonds. The van der Waals surface area contributed by atoms with Crippen LogP contribution in [0, 0.1) is 0 Å². The van der Waals surface area contributed by atoms with E-state index in [2.05, 4.69) is 12.2 Å². The van der Waals surface area contributed by atoms with E-state index in [0.29, 0.717) is 13.2 Å². The fourth-order valence-corrected chi connectivity index (χ4v) is 1.21. The molecule has 4 nitrogen and oxygen atoms in total. The second-order valence-corrected chi connectivity index (χ2v) is 3.67. The maximum absolute atomic E-state index is 5.36. The summed E-state index contributed by atoms with van der Waals surface area (Å²) in [6.45, 7) is 8.02. The predicted octanol–water partition coefficient (Wildman–Crippen LogP) is 1.45. The van der Waals surface area contributed by atoms with Gasteiger partial charge in [-0.3, -0.25) is 0 Å². The quantitative estimate of drug-likeness (QED) is 0.489. The molecule has 0 fully saturated rings. The van der Waals surface area contributed by atoms with Crippen LogP contribution in [0.5, 0.6) is 0 Å². The molecule has 98 valence electrons. The van der Waals surface area contributed by atoms with Gasteiger partial charge >= 0.3 is 0 Å². The molecule has 0 aliphatic carbocycles. The number of rotatable bonds is 13. The van der Waals surface area contributed by atoms with E-state index >= 15 is 0 Å². The van der Waals surface area contributed by atoms with Gasteiger partial charge in [-0.05, 0) is 25.8 Å². The lowest BCUT2D eigenvalue weighted by Gasteiger charge is -2.06. The van der Waals surface area contributed by atoms with Gasteiger partial charge in [-0.1, -0.05) is 6.92 Å². The van der Waals surface area contributed by atoms with Crippen LogP contribution in [0.1, 0.15) is 26.2 Å². The highest BCUT2D eigenvalue weighted by Gasteiger charge is 1.91. The van der Waals surface area contributed by atoms with Crippen LogP contribution in [0.25, 0.3) is 0 Å². The van der Waals surface area contributed by atoms with Crippen molar-refractivity contribution in [1.29, 1.82) is 0 Å². The number of ether oxygens (including phenoxy) is 3. The van der Waals surface area contributed by atoms with E-state index in [4.69, 9.17) is 14.2 Å². The first-order valence-corrected chi connectivity index (χ1v) is 6.27. The van der Waals surface area contributed by atoms with E-state index in [9.17, 15) is 0 Å². The van der Waals surface area contributed by atoms with Gasteiger partial charge in [0, 0.05) is 26.9 Å². The molecule has 0 aromatic rings. The first-order valence-electron chi connectivity index (χ1n) is 6.27. The van der Waals surface area contributed by atoms with Crippen molar-refractivity contribution in [3.8, 4) is 0 Å². The SMILES string of the molecule is CCCOCCNCCCCOCCOC. The Labute approximate surface area is 99.6 Å². The monoisotopic (exact) mass is 233 g/mol. The van der Waals surface area contributed by atoms with Gasteiger partial charge in [0.1, 0.15) is 0 Å². The van der Waals surface area contributed by atoms with Gasteiger partial charge in [0.25, 0.3) is 0 Å². The number of hydrogen-bond acceptors (Lipinski definition) is 4. The maximum atomic E-state index is 5.36. The Balaban J connectivity index is 2.83. The summed E-state index contributed by atoms with van der Waals surface area (Å²) in [5.74, 6) is 0. The zero-order valence-corrected chi connectivity index (χ0v) is 10.8. The molecule has 0 radical (unpaired) electrons. The lowest BCUT2D eigenvalue weighted by atomic mass is 10.3. The highest BCUT2D eigenvalue weighted by Crippen LogP contribution is 1.88. The van der Waals surface area contributed by atoms with Crippen LogP contribution in [0.4, 0.5) is 0 Å². The van der Waals surface area contributed by atoms with E-state index in [1.807, 2.05) is 0 Å². The number of unbranched alkanes of at least 4 members (excludes halogenated alkanes) is 1. The topological polar surface area (TPSA) is 39.7 Å². The minimum atomic E-state index is 0.688. The van der Waals surface area contributed by atoms with Crippen LogP contribution < -0.4 is 5.32 Å². The molecule has 0 aliphatic rings. The molecule has 0 spiro atoms. The van der Waals surface area contributed by atoms with Crippen molar-refractivity contribution in [2.24, 2.45) is 0 Å². The lowest BCUT2D eigenvalue weighted by Crippen LogP contribution is -2.21. The van der Waals surface area contributed by atoms with E-state index in [0.717, 1.165) is 52.2 Å². The minimum Gasteiger partial charge on any atom is -0.382 e. The fourth-order valence-electron chi connectivity index (χ4n) is 1.21. The van der Waals surface area contributed by atoms with E-state index in [1.54, 1.807) is 7.11 Å². The lowest BCUT2D eigenvalue weighted by molar-refractivity contribution is 0.0687. The van der Waals surface area contributed by atoms with Gasteiger partial charge < -0.3 is 19.5 Å². The summed E-state index contributed by atoms with van der Waals surface area (Å²) in [5.41, 5.74) is 0. The number of hydrogen-bond donors (Lipinski definition) is 1. The molecular weight excluding hydrogens is 206 g/mol. The van der Waals surface area contributed by atoms with Gasteiger partial charge in [-0.25, -0.2) is 0 Å². The second kappa shape index (κ2) is 14.8. The van der Waals surface area contributed by atoms with Crippen LogP contribution in [-0.4, -0.2) is 53.2 Å². The molecular formula is C12H27NO3. The van der Waals surface area contributed by atoms with Crippen molar-refractivity contribution >= 4 is 0 Å². The number of nitrogens with one attached hydrogen (secondary N) is 1. The fraction of sp³-hybridized carbons (Fsp3) is 1.00. The molecule has 0 atom stereocenters. The molecule has 0 saturated carbocycles. The molecule has 1 N–H and O–H groups in total. The van der Waals surface area contributed by atoms with Crippen molar-refractivity contribution in [3.05, 3.63) is 0 Å². The van der Waals surface area contributed by atoms with Gasteiger partial charge in [-0.15, -0.1) is 0 Å². The third-order valence-electron chi connectivity index (χ3n) is 2.10. The van der Waals surface area contributed by atoms with Crippen molar-refractivity contribution < 1.29 is 14.2 Å². The Morgan fingerprint density at radius 3 is 2.38 bits per heavy atom. The van der Waals surface area contributed by atoms with Gasteiger partial charge in [0.15, 0.2) is 0 Å². The summed E-state index contributed by atoms with van der Waals surface area (Å²) >= 11 is 0. The minimum absolute atomic E-state index is 0.688. The highest BCUT2D eigenvalue weighted by atomic mass is 16.5. The molecule has 0 aromatic heterocycles. The van der Waals surface area contributed by atoms with Crippen LogP contribution in [-0.2, 0) is 14.2 Å². The summed E-state index contributed by atoms with van der Waals surface area (Å²) in [7, 11) is 1.69. The Kier molecular flexibility index (Phi) is 14.7. The van der Waals surface area contributed by atoms with Crippen LogP contribution in [0.3, 0.4) is 0 Å². The summed E-state index contributed by atoms with van der Waals surface area (Å²) in [6, 6.07) is 0. The van der Waals surface area contributed by atoms with Gasteiger partial charge in [0.05, 0.1) is 19.8 Å². The van der Waals surface area contributed by atoms with E-state index in [1.165, 1.54) is 0 Å². The van der Waals surface area contributed by atoms with Crippen LogP contribution >= 0.6 is 0 Å². The summed E-state index contributed by atoms with van der Waals surface area (Å²) in [6.07, 6.45) is 3.35. The van der Waals surface area contributed by atoms with Crippen LogP contribution in [0.2, 0.25) is 0 Å². The molecule has 4 heteroatoms. The van der Waals surface area contributed by atoms with Crippen molar-refractivity contribution in [1.82, 2.24) is 5.32 Å². The van der Waals surface area contributed by atoms with Crippen molar-refractivity contribution in [2.75, 3.05) is 53.2 Å². The Bertz CT molecular complexity index is 109. The average Bonchev–Trinajstić information content (AvgIpc) is 2.31. The normalized spacial score (nSPS) is 10.9. The predicted molar refractivity (Wildman–Crippen MR) is 65.9 cm³/mol. The highest BCUT2D eigenvalue weighted by molar-refractivity contribution is 4.47. The molecule has 16 heavy (non-hydrogen) atoms. The summed E-state index contributed by atoms with van der Waals surface area (Å²) < 4.78 is 15.6. The zero-order chi connectivity index (χ0) is 11.9. The zero-order valence-electron chi connectivity index (χ0n) is 10.8. The van der Waals surface area contributed by atoms with Gasteiger partial charge in [-0.2, -0.15) is 0 Å². The number of methoxy groups -OCH3 is 1. The smallest absolute Gasteiger partial charge is 0.0700 e. The first-order chi connectivity index (χ1) is 7.91. The molecule has 0 aromatic carbocycles. The Morgan fingerprint density at radius 1 is 0.812 bits per heavy atom. The van der Waals surface area contributed by atoms with Crippen LogP contribution in [0.15, 0.2) is 0 Å². The molecule has 0 unspecified atom stereocenters. The standard InChI is InChI=1S/C12H27NO3/c1-3-8-15-10-7-13-6-4-5-9-16-12-11-14-2/h13H,3-12H2,1-2H3. The summed E-state index contributed by atoms with van der Waals surface area (Å²) in [4.78, 5) is 0. The van der Waals surface area contributed by atoms with Gasteiger partial charge in [0.2, 0.25) is 0 Å². The second-order valence-electron chi connectivity index (χ2n) is 3.67. The largest absolute Gasteiger partial charge is 0.382 e. The van der Waals surface area contributed by atoms with Crippen molar-refractivity contribution in [3.63, 3.8) is 0 Å². The molecule has 0 aliphatic heterocycles. The summed E-state index contributed by atoms with van der Waals surface area (Å²) in [5, 5.41) is 3.34. The molecule has 0 heterocycles. The Hall–Kier alpha value is -0.160. The molecule has 0 saturated heterocycles. The third kappa shape index (κ3) is 13.8. The Morgan fingerprint density at radius 2 is 1.62 bits per heavy atom. The molecule has 0 bridgehead atoms.